The van der Waals surface area contributed by atoms with Crippen LogP contribution in [0.2, 0.25) is 10.0 Å². The molecule has 0 aliphatic heterocycles. The summed E-state index contributed by atoms with van der Waals surface area (Å²) >= 11 is 13.5. The molecule has 5 nitrogen and oxygen atoms in total. The van der Waals surface area contributed by atoms with Gasteiger partial charge in [0.15, 0.2) is 5.16 Å². The SMILES string of the molecule is C=CCn1c(C)nnc1S[C@@H](C)C(=O)N[C@@H](C)c1ccc(Cl)cc1Cl. The maximum atomic E-state index is 12.5. The molecule has 0 spiro atoms. The number of aryl methyl sites for hydroxylation is 1. The fourth-order valence-electron chi connectivity index (χ4n) is 2.26. The quantitative estimate of drug-likeness (QED) is 0.553. The van der Waals surface area contributed by atoms with Gasteiger partial charge in [-0.3, -0.25) is 4.79 Å². The molecule has 25 heavy (non-hydrogen) atoms. The number of halogens is 2. The van der Waals surface area contributed by atoms with Crippen LogP contribution in [-0.4, -0.2) is 25.9 Å². The Bertz CT molecular complexity index is 778. The van der Waals surface area contributed by atoms with Crippen molar-refractivity contribution in [2.45, 2.75) is 43.8 Å². The Morgan fingerprint density at radius 3 is 2.76 bits per heavy atom. The Morgan fingerprint density at radius 2 is 2.12 bits per heavy atom. The van der Waals surface area contributed by atoms with Crippen molar-refractivity contribution in [1.29, 1.82) is 0 Å². The van der Waals surface area contributed by atoms with Crippen LogP contribution in [0.4, 0.5) is 0 Å². The lowest BCUT2D eigenvalue weighted by Gasteiger charge is -2.18. The summed E-state index contributed by atoms with van der Waals surface area (Å²) in [5, 5.41) is 12.6. The number of amides is 1. The van der Waals surface area contributed by atoms with E-state index in [1.165, 1.54) is 11.8 Å². The van der Waals surface area contributed by atoms with Crippen molar-refractivity contribution in [3.8, 4) is 0 Å². The van der Waals surface area contributed by atoms with Gasteiger partial charge >= 0.3 is 0 Å². The van der Waals surface area contributed by atoms with Crippen LogP contribution in [0, 0.1) is 6.92 Å². The smallest absolute Gasteiger partial charge is 0.233 e. The summed E-state index contributed by atoms with van der Waals surface area (Å²) in [6.45, 7) is 9.92. The average molecular weight is 399 g/mol. The Morgan fingerprint density at radius 1 is 1.40 bits per heavy atom. The van der Waals surface area contributed by atoms with Gasteiger partial charge in [0.2, 0.25) is 5.91 Å². The summed E-state index contributed by atoms with van der Waals surface area (Å²) in [7, 11) is 0. The lowest BCUT2D eigenvalue weighted by Crippen LogP contribution is -2.33. The second-order valence-electron chi connectivity index (χ2n) is 5.59. The fraction of sp³-hybridized carbons (Fsp3) is 0.353. The molecule has 1 N–H and O–H groups in total. The van der Waals surface area contributed by atoms with Crippen molar-refractivity contribution in [3.05, 3.63) is 52.3 Å². The summed E-state index contributed by atoms with van der Waals surface area (Å²) in [6, 6.07) is 5.01. The van der Waals surface area contributed by atoms with Crippen LogP contribution in [0.25, 0.3) is 0 Å². The molecule has 1 aromatic carbocycles. The van der Waals surface area contributed by atoms with E-state index >= 15 is 0 Å². The Labute approximate surface area is 161 Å². The number of hydrogen-bond acceptors (Lipinski definition) is 4. The van der Waals surface area contributed by atoms with E-state index in [1.807, 2.05) is 31.4 Å². The molecule has 1 heterocycles. The van der Waals surface area contributed by atoms with Gasteiger partial charge in [-0.15, -0.1) is 16.8 Å². The molecule has 0 bridgehead atoms. The second-order valence-corrected chi connectivity index (χ2v) is 7.74. The number of carbonyl (C=O) groups excluding carboxylic acids is 1. The number of aromatic nitrogens is 3. The van der Waals surface area contributed by atoms with Gasteiger partial charge in [-0.2, -0.15) is 0 Å². The molecule has 1 amide bonds. The van der Waals surface area contributed by atoms with Crippen molar-refractivity contribution in [2.75, 3.05) is 0 Å². The first-order valence-electron chi connectivity index (χ1n) is 7.76. The van der Waals surface area contributed by atoms with E-state index in [9.17, 15) is 4.79 Å². The third-order valence-electron chi connectivity index (χ3n) is 3.65. The van der Waals surface area contributed by atoms with Crippen molar-refractivity contribution in [3.63, 3.8) is 0 Å². The van der Waals surface area contributed by atoms with E-state index in [0.29, 0.717) is 21.7 Å². The predicted molar refractivity (Wildman–Crippen MR) is 103 cm³/mol. The van der Waals surface area contributed by atoms with Gasteiger partial charge in [0.1, 0.15) is 5.82 Å². The van der Waals surface area contributed by atoms with Crippen LogP contribution in [0.1, 0.15) is 31.3 Å². The Balaban J connectivity index is 2.04. The number of nitrogens with one attached hydrogen (secondary N) is 1. The molecule has 2 atom stereocenters. The van der Waals surface area contributed by atoms with E-state index in [-0.39, 0.29) is 17.2 Å². The van der Waals surface area contributed by atoms with Crippen molar-refractivity contribution in [2.24, 2.45) is 0 Å². The number of nitrogens with zero attached hydrogens (tertiary/aromatic N) is 3. The number of carbonyl (C=O) groups is 1. The zero-order chi connectivity index (χ0) is 18.6. The normalized spacial score (nSPS) is 13.3. The van der Waals surface area contributed by atoms with Gasteiger partial charge in [-0.05, 0) is 38.5 Å². The van der Waals surface area contributed by atoms with Crippen LogP contribution >= 0.6 is 35.0 Å². The van der Waals surface area contributed by atoms with Crippen LogP contribution < -0.4 is 5.32 Å². The molecule has 1 aromatic heterocycles. The first-order chi connectivity index (χ1) is 11.8. The fourth-order valence-corrected chi connectivity index (χ4v) is 3.75. The minimum Gasteiger partial charge on any atom is -0.349 e. The molecular formula is C17H20Cl2N4OS. The van der Waals surface area contributed by atoms with E-state index in [1.54, 1.807) is 18.2 Å². The third-order valence-corrected chi connectivity index (χ3v) is 5.30. The maximum absolute atomic E-state index is 12.5. The maximum Gasteiger partial charge on any atom is 0.233 e. The van der Waals surface area contributed by atoms with Crippen LogP contribution in [0.15, 0.2) is 36.0 Å². The van der Waals surface area contributed by atoms with Crippen molar-refractivity contribution in [1.82, 2.24) is 20.1 Å². The minimum absolute atomic E-state index is 0.102. The average Bonchev–Trinajstić information content (AvgIpc) is 2.88. The van der Waals surface area contributed by atoms with Gasteiger partial charge in [-0.1, -0.05) is 47.1 Å². The standard InChI is InChI=1S/C17H20Cl2N4OS/c1-5-8-23-12(4)21-22-17(23)25-11(3)16(24)20-10(2)14-7-6-13(18)9-15(14)19/h5-7,9-11H,1,8H2,2-4H3,(H,20,24)/t10-,11-/m0/s1. The highest BCUT2D eigenvalue weighted by Gasteiger charge is 2.21. The van der Waals surface area contributed by atoms with E-state index in [0.717, 1.165) is 11.4 Å². The van der Waals surface area contributed by atoms with Gasteiger partial charge in [-0.25, -0.2) is 0 Å². The van der Waals surface area contributed by atoms with Crippen LogP contribution in [0.3, 0.4) is 0 Å². The highest BCUT2D eigenvalue weighted by molar-refractivity contribution is 8.00. The molecule has 0 unspecified atom stereocenters. The first-order valence-corrected chi connectivity index (χ1v) is 9.39. The number of rotatable bonds is 7. The zero-order valence-corrected chi connectivity index (χ0v) is 16.6. The molecule has 0 saturated heterocycles. The summed E-state index contributed by atoms with van der Waals surface area (Å²) in [6.07, 6.45) is 1.77. The predicted octanol–water partition coefficient (Wildman–Crippen LogP) is 4.44. The molecule has 0 radical (unpaired) electrons. The number of benzene rings is 1. The summed E-state index contributed by atoms with van der Waals surface area (Å²) in [5.74, 6) is 0.686. The van der Waals surface area contributed by atoms with E-state index in [4.69, 9.17) is 23.2 Å². The van der Waals surface area contributed by atoms with Crippen LogP contribution in [-0.2, 0) is 11.3 Å². The molecule has 0 aliphatic carbocycles. The lowest BCUT2D eigenvalue weighted by atomic mass is 10.1. The number of allylic oxidation sites excluding steroid dienone is 1. The molecular weight excluding hydrogens is 379 g/mol. The zero-order valence-electron chi connectivity index (χ0n) is 14.3. The van der Waals surface area contributed by atoms with Gasteiger partial charge in [0.05, 0.1) is 11.3 Å². The summed E-state index contributed by atoms with van der Waals surface area (Å²) in [4.78, 5) is 12.5. The molecule has 2 aromatic rings. The number of hydrogen-bond donors (Lipinski definition) is 1. The Hall–Kier alpha value is -1.50. The highest BCUT2D eigenvalue weighted by Crippen LogP contribution is 2.27. The molecule has 0 aliphatic rings. The monoisotopic (exact) mass is 398 g/mol. The van der Waals surface area contributed by atoms with Gasteiger partial charge in [0, 0.05) is 16.6 Å². The summed E-state index contributed by atoms with van der Waals surface area (Å²) < 4.78 is 1.92. The summed E-state index contributed by atoms with van der Waals surface area (Å²) in [5.41, 5.74) is 0.822. The topological polar surface area (TPSA) is 59.8 Å². The lowest BCUT2D eigenvalue weighted by molar-refractivity contribution is -0.120. The molecule has 2 rings (SSSR count). The van der Waals surface area contributed by atoms with Crippen molar-refractivity contribution >= 4 is 40.9 Å². The number of thioether (sulfide) groups is 1. The Kier molecular flexibility index (Phi) is 6.93. The van der Waals surface area contributed by atoms with Gasteiger partial charge in [0.25, 0.3) is 0 Å². The second kappa shape index (κ2) is 8.74. The largest absolute Gasteiger partial charge is 0.349 e. The van der Waals surface area contributed by atoms with Crippen LogP contribution in [0.5, 0.6) is 0 Å². The minimum atomic E-state index is -0.333. The molecule has 8 heteroatoms. The first kappa shape index (κ1) is 19.8. The third kappa shape index (κ3) is 5.00. The van der Waals surface area contributed by atoms with E-state index < -0.39 is 0 Å². The highest BCUT2D eigenvalue weighted by atomic mass is 35.5. The molecule has 0 fully saturated rings. The van der Waals surface area contributed by atoms with E-state index in [2.05, 4.69) is 22.1 Å². The van der Waals surface area contributed by atoms with Crippen molar-refractivity contribution < 1.29 is 4.79 Å². The molecule has 0 saturated carbocycles. The molecule has 134 valence electrons. The van der Waals surface area contributed by atoms with Gasteiger partial charge < -0.3 is 9.88 Å².